The largest absolute Gasteiger partial charge is 0.493 e. The number of ether oxygens (including phenoxy) is 3. The van der Waals surface area contributed by atoms with E-state index in [4.69, 9.17) is 19.3 Å². The van der Waals surface area contributed by atoms with E-state index in [1.165, 1.54) is 39.8 Å². The van der Waals surface area contributed by atoms with Gasteiger partial charge < -0.3 is 14.2 Å². The van der Waals surface area contributed by atoms with E-state index in [9.17, 15) is 14.4 Å². The Morgan fingerprint density at radius 1 is 1.08 bits per heavy atom. The van der Waals surface area contributed by atoms with Crippen LogP contribution in [-0.2, 0) is 9.59 Å². The van der Waals surface area contributed by atoms with Crippen molar-refractivity contribution in [2.45, 2.75) is 57.8 Å². The molecule has 4 rings (SSSR count). The van der Waals surface area contributed by atoms with Gasteiger partial charge in [-0.05, 0) is 35.4 Å². The lowest BCUT2D eigenvalue weighted by Crippen LogP contribution is -2.60. The molecule has 2 heterocycles. The Hall–Kier alpha value is -3.86. The van der Waals surface area contributed by atoms with E-state index < -0.39 is 12.1 Å². The Bertz CT molecular complexity index is 1410. The van der Waals surface area contributed by atoms with Gasteiger partial charge in [-0.25, -0.2) is 4.90 Å². The number of nitrogens with zero attached hydrogens (tertiary/aromatic N) is 3. The van der Waals surface area contributed by atoms with Gasteiger partial charge in [-0.3, -0.25) is 19.4 Å². The number of rotatable bonds is 10. The van der Waals surface area contributed by atoms with E-state index >= 15 is 0 Å². The number of esters is 1. The van der Waals surface area contributed by atoms with Crippen molar-refractivity contribution in [2.75, 3.05) is 24.9 Å². The summed E-state index contributed by atoms with van der Waals surface area (Å²) in [5.41, 5.74) is 1.73. The maximum absolute atomic E-state index is 13.5. The van der Waals surface area contributed by atoms with E-state index in [-0.39, 0.29) is 28.7 Å². The van der Waals surface area contributed by atoms with Crippen molar-refractivity contribution < 1.29 is 28.5 Å². The molecule has 39 heavy (non-hydrogen) atoms. The van der Waals surface area contributed by atoms with Crippen LogP contribution in [0.5, 0.6) is 17.2 Å². The zero-order chi connectivity index (χ0) is 28.1. The van der Waals surface area contributed by atoms with Crippen LogP contribution in [0.4, 0.5) is 5.69 Å². The molecule has 10 nitrogen and oxygen atoms in total. The summed E-state index contributed by atoms with van der Waals surface area (Å²) >= 11 is 1.47. The fraction of sp³-hybridized carbons (Fsp3) is 0.393. The number of fused-ring (bicyclic) bond motifs is 3. The number of hydrogen-bond acceptors (Lipinski definition) is 8. The topological polar surface area (TPSA) is 115 Å². The number of methoxy groups -OCH3 is 2. The molecule has 1 aliphatic heterocycles. The van der Waals surface area contributed by atoms with E-state index in [0.717, 1.165) is 31.4 Å². The zero-order valence-electron chi connectivity index (χ0n) is 22.8. The van der Waals surface area contributed by atoms with Crippen LogP contribution in [0.3, 0.4) is 0 Å². The van der Waals surface area contributed by atoms with Crippen molar-refractivity contribution in [2.24, 2.45) is 0 Å². The van der Waals surface area contributed by atoms with Crippen molar-refractivity contribution in [3.63, 3.8) is 0 Å². The van der Waals surface area contributed by atoms with Crippen LogP contribution < -0.4 is 29.4 Å². The van der Waals surface area contributed by atoms with Crippen LogP contribution in [0.2, 0.25) is 0 Å². The van der Waals surface area contributed by atoms with Crippen LogP contribution >= 0.6 is 11.8 Å². The first kappa shape index (κ1) is 28.2. The summed E-state index contributed by atoms with van der Waals surface area (Å²) in [6, 6.07) is 10.5. The summed E-state index contributed by atoms with van der Waals surface area (Å²) in [6.45, 7) is 4.91. The second kappa shape index (κ2) is 12.3. The molecule has 2 aromatic carbocycles. The SMILES string of the molecule is CCCCCCSc1n[n+]2c(c(=O)[nH]1)-c1ccccc1N(C(C)=O)[C@H]2c1cc(OC)c(OC(C)=O)c(OC)c1. The lowest BCUT2D eigenvalue weighted by molar-refractivity contribution is -0.763. The summed E-state index contributed by atoms with van der Waals surface area (Å²) in [4.78, 5) is 43.0. The molecule has 1 atom stereocenters. The number of carbonyl (C=O) groups excluding carboxylic acids is 2. The Kier molecular flexibility index (Phi) is 8.90. The Morgan fingerprint density at radius 3 is 2.38 bits per heavy atom. The summed E-state index contributed by atoms with van der Waals surface area (Å²) in [5.74, 6) is 0.611. The number of carbonyl (C=O) groups is 2. The molecule has 11 heteroatoms. The number of benzene rings is 2. The first-order valence-corrected chi connectivity index (χ1v) is 13.8. The molecule has 0 fully saturated rings. The van der Waals surface area contributed by atoms with Crippen molar-refractivity contribution >= 4 is 29.3 Å². The molecule has 1 aromatic heterocycles. The Balaban J connectivity index is 1.92. The number of aromatic nitrogens is 3. The van der Waals surface area contributed by atoms with Gasteiger partial charge in [-0.2, -0.15) is 0 Å². The van der Waals surface area contributed by atoms with Crippen LogP contribution in [0.15, 0.2) is 46.3 Å². The summed E-state index contributed by atoms with van der Waals surface area (Å²) in [6.07, 6.45) is 3.56. The van der Waals surface area contributed by atoms with E-state index in [1.54, 1.807) is 33.8 Å². The van der Waals surface area contributed by atoms with Gasteiger partial charge in [0.1, 0.15) is 0 Å². The molecule has 0 radical (unpaired) electrons. The van der Waals surface area contributed by atoms with Crippen molar-refractivity contribution in [1.29, 1.82) is 0 Å². The normalized spacial score (nSPS) is 13.9. The van der Waals surface area contributed by atoms with Gasteiger partial charge in [0, 0.05) is 24.7 Å². The van der Waals surface area contributed by atoms with E-state index in [1.807, 2.05) is 12.1 Å². The smallest absolute Gasteiger partial charge is 0.325 e. The number of thioether (sulfide) groups is 1. The molecule has 1 N–H and O–H groups in total. The summed E-state index contributed by atoms with van der Waals surface area (Å²) in [7, 11) is 2.89. The minimum absolute atomic E-state index is 0.120. The van der Waals surface area contributed by atoms with Gasteiger partial charge in [-0.1, -0.05) is 50.1 Å². The number of nitrogens with one attached hydrogen (secondary N) is 1. The molecule has 206 valence electrons. The molecule has 0 unspecified atom stereocenters. The van der Waals surface area contributed by atoms with E-state index in [2.05, 4.69) is 11.9 Å². The van der Waals surface area contributed by atoms with Gasteiger partial charge in [-0.15, -0.1) is 0 Å². The highest BCUT2D eigenvalue weighted by atomic mass is 32.2. The van der Waals surface area contributed by atoms with Crippen molar-refractivity contribution in [3.8, 4) is 28.5 Å². The third-order valence-electron chi connectivity index (χ3n) is 6.36. The third-order valence-corrected chi connectivity index (χ3v) is 7.31. The molecule has 1 aliphatic rings. The number of amides is 1. The highest BCUT2D eigenvalue weighted by molar-refractivity contribution is 7.99. The van der Waals surface area contributed by atoms with Crippen LogP contribution in [-0.4, -0.2) is 41.9 Å². The first-order valence-electron chi connectivity index (χ1n) is 12.8. The average molecular weight is 554 g/mol. The first-order chi connectivity index (χ1) is 18.8. The number of hydrogen-bond donors (Lipinski definition) is 1. The van der Waals surface area contributed by atoms with Crippen LogP contribution in [0, 0.1) is 0 Å². The molecule has 0 saturated carbocycles. The number of para-hydroxylation sites is 1. The van der Waals surface area contributed by atoms with Crippen LogP contribution in [0.1, 0.15) is 58.2 Å². The van der Waals surface area contributed by atoms with Gasteiger partial charge in [0.15, 0.2) is 11.5 Å². The highest BCUT2D eigenvalue weighted by Crippen LogP contribution is 2.43. The molecule has 0 saturated heterocycles. The van der Waals surface area contributed by atoms with Gasteiger partial charge >= 0.3 is 17.2 Å². The molecule has 0 bridgehead atoms. The Labute approximate surface area is 231 Å². The fourth-order valence-electron chi connectivity index (χ4n) is 4.67. The number of aromatic amines is 1. The quantitative estimate of drug-likeness (QED) is 0.130. The van der Waals surface area contributed by atoms with Crippen molar-refractivity contribution in [3.05, 3.63) is 52.3 Å². The molecular weight excluding hydrogens is 520 g/mol. The maximum Gasteiger partial charge on any atom is 0.325 e. The van der Waals surface area contributed by atoms with Gasteiger partial charge in [0.05, 0.1) is 31.0 Å². The molecule has 1 amide bonds. The molecular formula is C28H33N4O6S+. The van der Waals surface area contributed by atoms with E-state index in [0.29, 0.717) is 27.7 Å². The maximum atomic E-state index is 13.5. The van der Waals surface area contributed by atoms with Gasteiger partial charge in [0.25, 0.3) is 6.17 Å². The molecule has 3 aromatic rings. The number of H-pyrrole nitrogens is 1. The standard InChI is InChI=1S/C28H32N4O6S/c1-6-7-8-11-14-39-28-29-26(35)24-20-12-9-10-13-21(20)31(17(2)33)27(32(24)30-28)19-15-22(36-4)25(38-18(3)34)23(16-19)37-5/h9-10,12-13,15-16,27H,6-8,11,14H2,1-5H3/p+1/t27-/m1/s1. The Morgan fingerprint density at radius 2 is 1.77 bits per heavy atom. The predicted octanol–water partition coefficient (Wildman–Crippen LogP) is 4.25. The minimum atomic E-state index is -0.844. The minimum Gasteiger partial charge on any atom is -0.493 e. The lowest BCUT2D eigenvalue weighted by atomic mass is 10.0. The second-order valence-electron chi connectivity index (χ2n) is 9.09. The number of anilines is 1. The number of unbranched alkanes of at least 4 members (excludes halogenated alkanes) is 3. The average Bonchev–Trinajstić information content (AvgIpc) is 2.91. The second-order valence-corrected chi connectivity index (χ2v) is 10.2. The van der Waals surface area contributed by atoms with Crippen molar-refractivity contribution in [1.82, 2.24) is 10.1 Å². The van der Waals surface area contributed by atoms with Crippen LogP contribution in [0.25, 0.3) is 11.3 Å². The summed E-state index contributed by atoms with van der Waals surface area (Å²) in [5, 5.41) is 5.29. The highest BCUT2D eigenvalue weighted by Gasteiger charge is 2.45. The fourth-order valence-corrected chi connectivity index (χ4v) is 5.52. The predicted molar refractivity (Wildman–Crippen MR) is 148 cm³/mol. The zero-order valence-corrected chi connectivity index (χ0v) is 23.6. The monoisotopic (exact) mass is 553 g/mol. The molecule has 0 spiro atoms. The molecule has 0 aliphatic carbocycles. The third kappa shape index (κ3) is 5.78. The lowest BCUT2D eigenvalue weighted by Gasteiger charge is -2.31. The van der Waals surface area contributed by atoms with Gasteiger partial charge in [0.2, 0.25) is 16.8 Å². The summed E-state index contributed by atoms with van der Waals surface area (Å²) < 4.78 is 18.0.